The number of rotatable bonds is 4. The van der Waals surface area contributed by atoms with Gasteiger partial charge in [0, 0.05) is 18.0 Å². The number of anilines is 2. The number of nitrogens with one attached hydrogen (secondary N) is 2. The van der Waals surface area contributed by atoms with Gasteiger partial charge in [-0.3, -0.25) is 0 Å². The molecule has 1 heterocycles. The highest BCUT2D eigenvalue weighted by Gasteiger charge is 2.18. The number of hydrogen-bond acceptors (Lipinski definition) is 5. The molecule has 2 aromatic rings. The Labute approximate surface area is 119 Å². The smallest absolute Gasteiger partial charge is 0.145 e. The van der Waals surface area contributed by atoms with Crippen LogP contribution in [0.15, 0.2) is 36.4 Å². The Morgan fingerprint density at radius 1 is 1.05 bits per heavy atom. The highest BCUT2D eigenvalue weighted by Crippen LogP contribution is 2.22. The van der Waals surface area contributed by atoms with Crippen molar-refractivity contribution in [1.29, 1.82) is 0 Å². The fourth-order valence-corrected chi connectivity index (χ4v) is 1.74. The van der Waals surface area contributed by atoms with Gasteiger partial charge in [-0.15, -0.1) is 0 Å². The highest BCUT2D eigenvalue weighted by molar-refractivity contribution is 5.47. The molecule has 0 saturated carbocycles. The Balaban J connectivity index is 2.19. The Kier molecular flexibility index (Phi) is 4.20. The van der Waals surface area contributed by atoms with Gasteiger partial charge in [-0.2, -0.15) is 0 Å². The van der Waals surface area contributed by atoms with Crippen LogP contribution in [0.4, 0.5) is 11.6 Å². The molecule has 0 aliphatic heterocycles. The molecule has 0 aliphatic carbocycles. The van der Waals surface area contributed by atoms with Gasteiger partial charge in [0.2, 0.25) is 0 Å². The second kappa shape index (κ2) is 5.88. The van der Waals surface area contributed by atoms with Crippen molar-refractivity contribution in [1.82, 2.24) is 9.97 Å². The van der Waals surface area contributed by atoms with Crippen molar-refractivity contribution in [2.75, 3.05) is 10.7 Å². The normalized spacial score (nSPS) is 11.2. The molecule has 1 aromatic carbocycles. The van der Waals surface area contributed by atoms with Gasteiger partial charge in [0.25, 0.3) is 0 Å². The Bertz CT molecular complexity index is 560. The Hall–Kier alpha value is -2.14. The second-order valence-electron chi connectivity index (χ2n) is 5.70. The molecular weight excluding hydrogens is 250 g/mol. The number of benzene rings is 1. The SMILES string of the molecule is CC(C)(C)c1nc(NN)cc(NCc2ccccc2)n1. The van der Waals surface area contributed by atoms with Crippen LogP contribution in [-0.4, -0.2) is 9.97 Å². The van der Waals surface area contributed by atoms with Gasteiger partial charge < -0.3 is 10.7 Å². The highest BCUT2D eigenvalue weighted by atomic mass is 15.3. The van der Waals surface area contributed by atoms with Gasteiger partial charge in [0.1, 0.15) is 17.5 Å². The van der Waals surface area contributed by atoms with Crippen LogP contribution < -0.4 is 16.6 Å². The lowest BCUT2D eigenvalue weighted by molar-refractivity contribution is 0.546. The fraction of sp³-hybridized carbons (Fsp3) is 0.333. The van der Waals surface area contributed by atoms with Gasteiger partial charge >= 0.3 is 0 Å². The van der Waals surface area contributed by atoms with E-state index in [0.717, 1.165) is 11.6 Å². The van der Waals surface area contributed by atoms with Crippen LogP contribution in [-0.2, 0) is 12.0 Å². The molecule has 2 rings (SSSR count). The third-order valence-corrected chi connectivity index (χ3v) is 2.86. The topological polar surface area (TPSA) is 75.9 Å². The van der Waals surface area contributed by atoms with Crippen LogP contribution in [0.1, 0.15) is 32.2 Å². The minimum Gasteiger partial charge on any atom is -0.366 e. The minimum atomic E-state index is -0.129. The first-order valence-electron chi connectivity index (χ1n) is 6.63. The van der Waals surface area contributed by atoms with E-state index in [2.05, 4.69) is 53.6 Å². The van der Waals surface area contributed by atoms with E-state index in [4.69, 9.17) is 5.84 Å². The van der Waals surface area contributed by atoms with Gasteiger partial charge in [0.05, 0.1) is 0 Å². The van der Waals surface area contributed by atoms with Gasteiger partial charge in [-0.25, -0.2) is 15.8 Å². The average molecular weight is 271 g/mol. The van der Waals surface area contributed by atoms with E-state index >= 15 is 0 Å². The molecule has 20 heavy (non-hydrogen) atoms. The summed E-state index contributed by atoms with van der Waals surface area (Å²) in [6, 6.07) is 12.0. The van der Waals surface area contributed by atoms with Crippen molar-refractivity contribution in [3.63, 3.8) is 0 Å². The lowest BCUT2D eigenvalue weighted by Crippen LogP contribution is -2.20. The van der Waals surface area contributed by atoms with Crippen molar-refractivity contribution in [2.24, 2.45) is 5.84 Å². The molecule has 0 radical (unpaired) electrons. The van der Waals surface area contributed by atoms with E-state index in [1.165, 1.54) is 5.56 Å². The molecule has 0 amide bonds. The van der Waals surface area contributed by atoms with E-state index < -0.39 is 0 Å². The maximum Gasteiger partial charge on any atom is 0.145 e. The quantitative estimate of drug-likeness (QED) is 0.589. The number of aromatic nitrogens is 2. The molecule has 5 heteroatoms. The van der Waals surface area contributed by atoms with E-state index in [9.17, 15) is 0 Å². The van der Waals surface area contributed by atoms with E-state index in [1.807, 2.05) is 18.2 Å². The number of nitrogens with two attached hydrogens (primary N) is 1. The molecule has 5 nitrogen and oxygen atoms in total. The summed E-state index contributed by atoms with van der Waals surface area (Å²) in [6.45, 7) is 6.93. The van der Waals surface area contributed by atoms with Crippen LogP contribution in [0.2, 0.25) is 0 Å². The third-order valence-electron chi connectivity index (χ3n) is 2.86. The number of nitrogens with zero attached hydrogens (tertiary/aromatic N) is 2. The maximum absolute atomic E-state index is 5.47. The van der Waals surface area contributed by atoms with Crippen LogP contribution in [0.3, 0.4) is 0 Å². The molecule has 0 fully saturated rings. The standard InChI is InChI=1S/C15H21N5/c1-15(2,3)14-18-12(9-13(19-14)20-16)17-10-11-7-5-4-6-8-11/h4-9H,10,16H2,1-3H3,(H2,17,18,19,20). The first-order valence-corrected chi connectivity index (χ1v) is 6.63. The van der Waals surface area contributed by atoms with E-state index in [-0.39, 0.29) is 5.41 Å². The van der Waals surface area contributed by atoms with Crippen molar-refractivity contribution in [3.05, 3.63) is 47.8 Å². The van der Waals surface area contributed by atoms with Crippen molar-refractivity contribution in [3.8, 4) is 0 Å². The second-order valence-corrected chi connectivity index (χ2v) is 5.70. The summed E-state index contributed by atoms with van der Waals surface area (Å²) in [5, 5.41) is 3.30. The summed E-state index contributed by atoms with van der Waals surface area (Å²) in [4.78, 5) is 8.94. The third kappa shape index (κ3) is 3.68. The van der Waals surface area contributed by atoms with E-state index in [1.54, 1.807) is 6.07 Å². The summed E-state index contributed by atoms with van der Waals surface area (Å²) in [6.07, 6.45) is 0. The molecule has 106 valence electrons. The largest absolute Gasteiger partial charge is 0.366 e. The summed E-state index contributed by atoms with van der Waals surface area (Å²) >= 11 is 0. The molecule has 4 N–H and O–H groups in total. The Morgan fingerprint density at radius 2 is 1.70 bits per heavy atom. The summed E-state index contributed by atoms with van der Waals surface area (Å²) in [5.41, 5.74) is 3.66. The first kappa shape index (κ1) is 14.3. The van der Waals surface area contributed by atoms with E-state index in [0.29, 0.717) is 12.4 Å². The molecule has 0 saturated heterocycles. The lowest BCUT2D eigenvalue weighted by Gasteiger charge is -2.18. The van der Waals surface area contributed by atoms with Gasteiger partial charge in [0.15, 0.2) is 0 Å². The predicted molar refractivity (Wildman–Crippen MR) is 82.3 cm³/mol. The summed E-state index contributed by atoms with van der Waals surface area (Å²) < 4.78 is 0. The van der Waals surface area contributed by atoms with Crippen LogP contribution >= 0.6 is 0 Å². The predicted octanol–water partition coefficient (Wildman–Crippen LogP) is 2.67. The molecule has 0 unspecified atom stereocenters. The summed E-state index contributed by atoms with van der Waals surface area (Å²) in [5.74, 6) is 7.60. The molecular formula is C15H21N5. The zero-order chi connectivity index (χ0) is 14.6. The monoisotopic (exact) mass is 271 g/mol. The maximum atomic E-state index is 5.47. The zero-order valence-electron chi connectivity index (χ0n) is 12.1. The van der Waals surface area contributed by atoms with Crippen LogP contribution in [0.25, 0.3) is 0 Å². The molecule has 1 aromatic heterocycles. The van der Waals surface area contributed by atoms with Crippen molar-refractivity contribution >= 4 is 11.6 Å². The molecule has 0 bridgehead atoms. The number of nitrogen functional groups attached to an aromatic ring is 1. The van der Waals surface area contributed by atoms with Gasteiger partial charge in [-0.1, -0.05) is 51.1 Å². The zero-order valence-corrected chi connectivity index (χ0v) is 12.1. The average Bonchev–Trinajstić information content (AvgIpc) is 2.45. The Morgan fingerprint density at radius 3 is 2.30 bits per heavy atom. The van der Waals surface area contributed by atoms with Gasteiger partial charge in [-0.05, 0) is 5.56 Å². The lowest BCUT2D eigenvalue weighted by atomic mass is 9.96. The first-order chi connectivity index (χ1) is 9.49. The van der Waals surface area contributed by atoms with Crippen LogP contribution in [0, 0.1) is 0 Å². The molecule has 0 atom stereocenters. The molecule has 0 aliphatic rings. The number of hydrazine groups is 1. The van der Waals surface area contributed by atoms with Crippen LogP contribution in [0.5, 0.6) is 0 Å². The minimum absolute atomic E-state index is 0.129. The molecule has 0 spiro atoms. The fourth-order valence-electron chi connectivity index (χ4n) is 1.74. The van der Waals surface area contributed by atoms with Crippen molar-refractivity contribution in [2.45, 2.75) is 32.7 Å². The summed E-state index contributed by atoms with van der Waals surface area (Å²) in [7, 11) is 0. The number of hydrogen-bond donors (Lipinski definition) is 3. The van der Waals surface area contributed by atoms with Crippen molar-refractivity contribution < 1.29 is 0 Å².